The zero-order valence-electron chi connectivity index (χ0n) is 13.5. The minimum Gasteiger partial charge on any atom is -0.349 e. The van der Waals surface area contributed by atoms with E-state index in [9.17, 15) is 13.2 Å². The minimum absolute atomic E-state index is 0.113. The first-order valence-corrected chi connectivity index (χ1v) is 9.45. The van der Waals surface area contributed by atoms with Gasteiger partial charge in [0, 0.05) is 18.2 Å². The summed E-state index contributed by atoms with van der Waals surface area (Å²) >= 11 is 0. The van der Waals surface area contributed by atoms with Crippen molar-refractivity contribution in [3.8, 4) is 0 Å². The summed E-state index contributed by atoms with van der Waals surface area (Å²) in [5.41, 5.74) is 1.09. The van der Waals surface area contributed by atoms with Crippen molar-refractivity contribution in [3.05, 3.63) is 60.2 Å². The second kappa shape index (κ2) is 6.65. The van der Waals surface area contributed by atoms with Crippen LogP contribution in [0.1, 0.15) is 30.1 Å². The quantitative estimate of drug-likeness (QED) is 0.876. The lowest BCUT2D eigenvalue weighted by Gasteiger charge is -2.23. The van der Waals surface area contributed by atoms with Crippen LogP contribution in [0.3, 0.4) is 0 Å². The van der Waals surface area contributed by atoms with Crippen molar-refractivity contribution < 1.29 is 13.2 Å². The van der Waals surface area contributed by atoms with Gasteiger partial charge in [-0.25, -0.2) is 8.42 Å². The molecule has 0 aliphatic heterocycles. The van der Waals surface area contributed by atoms with Crippen molar-refractivity contribution in [2.24, 2.45) is 0 Å². The highest BCUT2D eigenvalue weighted by atomic mass is 32.2. The van der Waals surface area contributed by atoms with Crippen molar-refractivity contribution in [1.29, 1.82) is 0 Å². The molecule has 0 bridgehead atoms. The van der Waals surface area contributed by atoms with Crippen LogP contribution in [0, 0.1) is 0 Å². The Bertz CT molecular complexity index is 813. The third-order valence-electron chi connectivity index (χ3n) is 3.95. The Hall–Kier alpha value is -2.34. The van der Waals surface area contributed by atoms with Crippen LogP contribution in [-0.4, -0.2) is 26.9 Å². The van der Waals surface area contributed by atoms with E-state index in [4.69, 9.17) is 0 Å². The van der Waals surface area contributed by atoms with Crippen LogP contribution in [0.2, 0.25) is 0 Å². The largest absolute Gasteiger partial charge is 0.349 e. The lowest BCUT2D eigenvalue weighted by atomic mass is 10.2. The molecule has 2 aromatic carbocycles. The third kappa shape index (κ3) is 3.43. The number of hydrogen-bond acceptors (Lipinski definition) is 3. The topological polar surface area (TPSA) is 66.5 Å². The Labute approximate surface area is 142 Å². The number of carbonyl (C=O) groups excluding carboxylic acids is 1. The number of sulfonamides is 1. The van der Waals surface area contributed by atoms with Crippen molar-refractivity contribution in [2.75, 3.05) is 10.8 Å². The first kappa shape index (κ1) is 16.5. The molecule has 1 fully saturated rings. The molecule has 5 nitrogen and oxygen atoms in total. The van der Waals surface area contributed by atoms with Crippen LogP contribution >= 0.6 is 0 Å². The summed E-state index contributed by atoms with van der Waals surface area (Å²) in [7, 11) is -3.61. The fraction of sp³-hybridized carbons (Fsp3) is 0.278. The molecule has 2 aromatic rings. The Morgan fingerprint density at radius 2 is 1.71 bits per heavy atom. The molecule has 1 aliphatic rings. The molecule has 0 aromatic heterocycles. The molecule has 0 unspecified atom stereocenters. The monoisotopic (exact) mass is 344 g/mol. The van der Waals surface area contributed by atoms with E-state index in [2.05, 4.69) is 5.32 Å². The van der Waals surface area contributed by atoms with Crippen molar-refractivity contribution in [1.82, 2.24) is 5.32 Å². The second-order valence-electron chi connectivity index (χ2n) is 5.78. The molecule has 0 atom stereocenters. The summed E-state index contributed by atoms with van der Waals surface area (Å²) in [4.78, 5) is 12.3. The van der Waals surface area contributed by atoms with E-state index in [0.717, 1.165) is 12.8 Å². The predicted molar refractivity (Wildman–Crippen MR) is 93.6 cm³/mol. The second-order valence-corrected chi connectivity index (χ2v) is 7.64. The van der Waals surface area contributed by atoms with Crippen LogP contribution in [-0.2, 0) is 10.0 Å². The average Bonchev–Trinajstić information content (AvgIpc) is 3.40. The summed E-state index contributed by atoms with van der Waals surface area (Å²) in [6.07, 6.45) is 2.06. The van der Waals surface area contributed by atoms with E-state index in [1.165, 1.54) is 4.31 Å². The number of nitrogens with one attached hydrogen (secondary N) is 1. The van der Waals surface area contributed by atoms with Crippen molar-refractivity contribution >= 4 is 21.6 Å². The molecule has 0 saturated heterocycles. The van der Waals surface area contributed by atoms with Gasteiger partial charge in [0.1, 0.15) is 0 Å². The van der Waals surface area contributed by atoms with Gasteiger partial charge in [-0.1, -0.05) is 18.2 Å². The van der Waals surface area contributed by atoms with E-state index >= 15 is 0 Å². The van der Waals surface area contributed by atoms with Crippen LogP contribution in [0.15, 0.2) is 59.5 Å². The normalized spacial score (nSPS) is 14.2. The van der Waals surface area contributed by atoms with Crippen LogP contribution < -0.4 is 9.62 Å². The SMILES string of the molecule is CCN(c1ccc(C(=O)NC2CC2)cc1)S(=O)(=O)c1ccccc1. The van der Waals surface area contributed by atoms with E-state index in [-0.39, 0.29) is 10.8 Å². The maximum absolute atomic E-state index is 12.8. The van der Waals surface area contributed by atoms with Gasteiger partial charge in [0.25, 0.3) is 15.9 Å². The molecule has 6 heteroatoms. The number of carbonyl (C=O) groups is 1. The molecule has 3 rings (SSSR count). The van der Waals surface area contributed by atoms with Gasteiger partial charge in [0.05, 0.1) is 10.6 Å². The fourth-order valence-electron chi connectivity index (χ4n) is 2.49. The number of benzene rings is 2. The highest BCUT2D eigenvalue weighted by Gasteiger charge is 2.25. The number of hydrogen-bond donors (Lipinski definition) is 1. The molecule has 1 amide bonds. The van der Waals surface area contributed by atoms with Gasteiger partial charge in [-0.3, -0.25) is 9.10 Å². The summed E-state index contributed by atoms with van der Waals surface area (Å²) in [5.74, 6) is -0.113. The minimum atomic E-state index is -3.61. The maximum atomic E-state index is 12.8. The van der Waals surface area contributed by atoms with E-state index in [1.807, 2.05) is 0 Å². The molecule has 1 aliphatic carbocycles. The van der Waals surface area contributed by atoms with E-state index in [1.54, 1.807) is 61.5 Å². The van der Waals surface area contributed by atoms with Gasteiger partial charge in [0.15, 0.2) is 0 Å². The third-order valence-corrected chi connectivity index (χ3v) is 5.87. The summed E-state index contributed by atoms with van der Waals surface area (Å²) < 4.78 is 26.9. The first-order chi connectivity index (χ1) is 11.5. The number of nitrogens with zero attached hydrogens (tertiary/aromatic N) is 1. The molecular weight excluding hydrogens is 324 g/mol. The molecule has 126 valence electrons. The van der Waals surface area contributed by atoms with Crippen LogP contribution in [0.4, 0.5) is 5.69 Å². The average molecular weight is 344 g/mol. The smallest absolute Gasteiger partial charge is 0.264 e. The Morgan fingerprint density at radius 1 is 1.08 bits per heavy atom. The Balaban J connectivity index is 1.84. The zero-order valence-corrected chi connectivity index (χ0v) is 14.3. The zero-order chi connectivity index (χ0) is 17.2. The van der Waals surface area contributed by atoms with Gasteiger partial charge in [-0.2, -0.15) is 0 Å². The number of anilines is 1. The number of rotatable bonds is 6. The van der Waals surface area contributed by atoms with Crippen LogP contribution in [0.5, 0.6) is 0 Å². The van der Waals surface area contributed by atoms with Crippen molar-refractivity contribution in [2.45, 2.75) is 30.7 Å². The Morgan fingerprint density at radius 3 is 2.25 bits per heavy atom. The van der Waals surface area contributed by atoms with E-state index in [0.29, 0.717) is 23.8 Å². The van der Waals surface area contributed by atoms with E-state index < -0.39 is 10.0 Å². The standard InChI is InChI=1S/C18H20N2O3S/c1-2-20(24(22,23)17-6-4-3-5-7-17)16-12-8-14(9-13-16)18(21)19-15-10-11-15/h3-9,12-13,15H,2,10-11H2,1H3,(H,19,21). The molecule has 0 heterocycles. The lowest BCUT2D eigenvalue weighted by molar-refractivity contribution is 0.0951. The number of amides is 1. The lowest BCUT2D eigenvalue weighted by Crippen LogP contribution is -2.31. The maximum Gasteiger partial charge on any atom is 0.264 e. The van der Waals surface area contributed by atoms with Crippen LogP contribution in [0.25, 0.3) is 0 Å². The Kier molecular flexibility index (Phi) is 4.57. The summed E-state index contributed by atoms with van der Waals surface area (Å²) in [5, 5.41) is 2.92. The van der Waals surface area contributed by atoms with Crippen molar-refractivity contribution in [3.63, 3.8) is 0 Å². The molecule has 0 spiro atoms. The van der Waals surface area contributed by atoms with Gasteiger partial charge < -0.3 is 5.32 Å². The molecule has 1 N–H and O–H groups in total. The molecule has 24 heavy (non-hydrogen) atoms. The summed E-state index contributed by atoms with van der Waals surface area (Å²) in [6, 6.07) is 15.3. The van der Waals surface area contributed by atoms with Gasteiger partial charge in [-0.15, -0.1) is 0 Å². The molecule has 1 saturated carbocycles. The highest BCUT2D eigenvalue weighted by Crippen LogP contribution is 2.24. The highest BCUT2D eigenvalue weighted by molar-refractivity contribution is 7.92. The van der Waals surface area contributed by atoms with Gasteiger partial charge in [-0.05, 0) is 56.2 Å². The molecular formula is C18H20N2O3S. The first-order valence-electron chi connectivity index (χ1n) is 8.01. The molecule has 0 radical (unpaired) electrons. The summed E-state index contributed by atoms with van der Waals surface area (Å²) in [6.45, 7) is 2.10. The van der Waals surface area contributed by atoms with Gasteiger partial charge >= 0.3 is 0 Å². The van der Waals surface area contributed by atoms with Gasteiger partial charge in [0.2, 0.25) is 0 Å². The predicted octanol–water partition coefficient (Wildman–Crippen LogP) is 2.79. The fourth-order valence-corrected chi connectivity index (χ4v) is 3.98.